The van der Waals surface area contributed by atoms with Gasteiger partial charge in [0, 0.05) is 28.6 Å². The quantitative estimate of drug-likeness (QED) is 0.718. The summed E-state index contributed by atoms with van der Waals surface area (Å²) in [6.45, 7) is 1.72. The number of carbonyl (C=O) groups is 2. The number of halogens is 1. The Morgan fingerprint density at radius 1 is 1.26 bits per heavy atom. The molecule has 1 heterocycles. The Kier molecular flexibility index (Phi) is 4.98. The first-order valence-electron chi connectivity index (χ1n) is 8.21. The van der Waals surface area contributed by atoms with Crippen LogP contribution in [0.3, 0.4) is 0 Å². The second kappa shape index (κ2) is 7.36. The van der Waals surface area contributed by atoms with Crippen molar-refractivity contribution in [2.24, 2.45) is 5.73 Å². The van der Waals surface area contributed by atoms with Gasteiger partial charge < -0.3 is 11.1 Å². The van der Waals surface area contributed by atoms with E-state index < -0.39 is 11.7 Å². The van der Waals surface area contributed by atoms with Gasteiger partial charge in [0.05, 0.1) is 18.3 Å². The molecule has 0 saturated carbocycles. The minimum absolute atomic E-state index is 0.0264. The van der Waals surface area contributed by atoms with Gasteiger partial charge in [0.15, 0.2) is 0 Å². The van der Waals surface area contributed by atoms with Crippen molar-refractivity contribution in [3.05, 3.63) is 69.8 Å². The Morgan fingerprint density at radius 3 is 2.74 bits per heavy atom. The van der Waals surface area contributed by atoms with E-state index in [1.165, 1.54) is 19.2 Å². The molecule has 3 rings (SSSR count). The van der Waals surface area contributed by atoms with E-state index in [4.69, 9.17) is 5.73 Å². The van der Waals surface area contributed by atoms with Gasteiger partial charge in [0.25, 0.3) is 0 Å². The largest absolute Gasteiger partial charge is 0.366 e. The highest BCUT2D eigenvalue weighted by Gasteiger charge is 2.13. The van der Waals surface area contributed by atoms with Crippen LogP contribution in [0.1, 0.15) is 22.3 Å². The number of rotatable bonds is 5. The average molecular weight is 368 g/mol. The zero-order valence-corrected chi connectivity index (χ0v) is 14.5. The van der Waals surface area contributed by atoms with Crippen LogP contribution in [0.2, 0.25) is 0 Å². The van der Waals surface area contributed by atoms with Gasteiger partial charge in [-0.3, -0.25) is 19.1 Å². The van der Waals surface area contributed by atoms with Crippen LogP contribution < -0.4 is 16.5 Å². The van der Waals surface area contributed by atoms with Gasteiger partial charge in [-0.2, -0.15) is 5.10 Å². The van der Waals surface area contributed by atoms with Crippen LogP contribution in [0.4, 0.5) is 10.1 Å². The first-order chi connectivity index (χ1) is 12.9. The molecule has 0 aliphatic heterocycles. The topological polar surface area (TPSA) is 107 Å². The summed E-state index contributed by atoms with van der Waals surface area (Å²) >= 11 is 0. The number of aromatic nitrogens is 2. The molecule has 0 aliphatic carbocycles. The molecule has 138 valence electrons. The molecule has 3 aromatic rings. The van der Waals surface area contributed by atoms with Crippen LogP contribution in [-0.2, 0) is 11.3 Å². The molecule has 7 nitrogen and oxygen atoms in total. The molecular formula is C19H17FN4O3. The fourth-order valence-corrected chi connectivity index (χ4v) is 2.71. The first kappa shape index (κ1) is 18.2. The van der Waals surface area contributed by atoms with Crippen molar-refractivity contribution in [3.63, 3.8) is 0 Å². The molecule has 8 heteroatoms. The van der Waals surface area contributed by atoms with Crippen molar-refractivity contribution in [2.75, 3.05) is 5.32 Å². The van der Waals surface area contributed by atoms with Gasteiger partial charge >= 0.3 is 0 Å². The maximum absolute atomic E-state index is 13.9. The van der Waals surface area contributed by atoms with Crippen molar-refractivity contribution in [1.82, 2.24) is 9.78 Å². The van der Waals surface area contributed by atoms with Gasteiger partial charge in [-0.15, -0.1) is 0 Å². The Bertz CT molecular complexity index is 1110. The predicted molar refractivity (Wildman–Crippen MR) is 98.9 cm³/mol. The van der Waals surface area contributed by atoms with Crippen LogP contribution in [0.5, 0.6) is 0 Å². The molecule has 0 radical (unpaired) electrons. The SMILES string of the molecule is Cc1c(F)cc(C(N)=O)cc1NC(=O)CCn1ncc(=O)c2ccccc21. The summed E-state index contributed by atoms with van der Waals surface area (Å²) < 4.78 is 15.5. The lowest BCUT2D eigenvalue weighted by Crippen LogP contribution is -2.19. The summed E-state index contributed by atoms with van der Waals surface area (Å²) in [5.74, 6) is -1.80. The van der Waals surface area contributed by atoms with E-state index in [0.717, 1.165) is 6.07 Å². The molecular weight excluding hydrogens is 351 g/mol. The van der Waals surface area contributed by atoms with Crippen molar-refractivity contribution in [1.29, 1.82) is 0 Å². The van der Waals surface area contributed by atoms with Crippen LogP contribution in [0.25, 0.3) is 10.9 Å². The molecule has 0 bridgehead atoms. The maximum atomic E-state index is 13.9. The highest BCUT2D eigenvalue weighted by Crippen LogP contribution is 2.21. The number of nitrogens with two attached hydrogens (primary N) is 1. The van der Waals surface area contributed by atoms with Crippen LogP contribution in [0.15, 0.2) is 47.4 Å². The zero-order valence-electron chi connectivity index (χ0n) is 14.5. The molecule has 0 aliphatic rings. The minimum atomic E-state index is -0.784. The van der Waals surface area contributed by atoms with E-state index in [0.29, 0.717) is 10.9 Å². The van der Waals surface area contributed by atoms with Crippen molar-refractivity contribution >= 4 is 28.4 Å². The Morgan fingerprint density at radius 2 is 2.00 bits per heavy atom. The van der Waals surface area contributed by atoms with E-state index in [-0.39, 0.29) is 41.1 Å². The van der Waals surface area contributed by atoms with Gasteiger partial charge in [-0.05, 0) is 31.2 Å². The third-order valence-corrected chi connectivity index (χ3v) is 4.22. The molecule has 2 amide bonds. The number of nitrogens with one attached hydrogen (secondary N) is 1. The van der Waals surface area contributed by atoms with Crippen molar-refractivity contribution < 1.29 is 14.0 Å². The normalized spacial score (nSPS) is 10.7. The minimum Gasteiger partial charge on any atom is -0.366 e. The van der Waals surface area contributed by atoms with Gasteiger partial charge in [-0.25, -0.2) is 4.39 Å². The summed E-state index contributed by atoms with van der Waals surface area (Å²) in [6, 6.07) is 9.34. The first-order valence-corrected chi connectivity index (χ1v) is 8.21. The molecule has 1 aromatic heterocycles. The number of aryl methyl sites for hydroxylation is 1. The maximum Gasteiger partial charge on any atom is 0.248 e. The Labute approximate surface area is 153 Å². The fourth-order valence-electron chi connectivity index (χ4n) is 2.71. The van der Waals surface area contributed by atoms with E-state index >= 15 is 0 Å². The lowest BCUT2D eigenvalue weighted by Gasteiger charge is -2.12. The number of amides is 2. The van der Waals surface area contributed by atoms with Crippen LogP contribution >= 0.6 is 0 Å². The molecule has 3 N–H and O–H groups in total. The molecule has 0 atom stereocenters. The highest BCUT2D eigenvalue weighted by atomic mass is 19.1. The Balaban J connectivity index is 1.77. The van der Waals surface area contributed by atoms with E-state index in [1.807, 2.05) is 0 Å². The number of fused-ring (bicyclic) bond motifs is 1. The summed E-state index contributed by atoms with van der Waals surface area (Å²) in [4.78, 5) is 35.4. The second-order valence-electron chi connectivity index (χ2n) is 6.04. The lowest BCUT2D eigenvalue weighted by molar-refractivity contribution is -0.116. The smallest absolute Gasteiger partial charge is 0.248 e. The number of hydrogen-bond acceptors (Lipinski definition) is 4. The zero-order chi connectivity index (χ0) is 19.6. The van der Waals surface area contributed by atoms with Crippen molar-refractivity contribution in [2.45, 2.75) is 19.9 Å². The molecule has 0 fully saturated rings. The molecule has 0 unspecified atom stereocenters. The number of carbonyl (C=O) groups excluding carboxylic acids is 2. The van der Waals surface area contributed by atoms with Crippen LogP contribution in [0, 0.1) is 12.7 Å². The van der Waals surface area contributed by atoms with Gasteiger partial charge in [0.1, 0.15) is 5.82 Å². The molecule has 27 heavy (non-hydrogen) atoms. The number of benzene rings is 2. The number of nitrogens with zero attached hydrogens (tertiary/aromatic N) is 2. The number of para-hydroxylation sites is 1. The number of anilines is 1. The third-order valence-electron chi connectivity index (χ3n) is 4.22. The van der Waals surface area contributed by atoms with Gasteiger partial charge in [-0.1, -0.05) is 12.1 Å². The van der Waals surface area contributed by atoms with E-state index in [2.05, 4.69) is 10.4 Å². The number of hydrogen-bond donors (Lipinski definition) is 2. The Hall–Kier alpha value is -3.55. The standard InChI is InChI=1S/C19H17FN4O3/c1-11-14(20)8-12(19(21)27)9-15(11)23-18(26)6-7-24-16-5-3-2-4-13(16)17(25)10-22-24/h2-5,8-10H,6-7H2,1H3,(H2,21,27)(H,23,26). The molecule has 2 aromatic carbocycles. The molecule has 0 saturated heterocycles. The van der Waals surface area contributed by atoms with Crippen molar-refractivity contribution in [3.8, 4) is 0 Å². The summed E-state index contributed by atoms with van der Waals surface area (Å²) in [6.07, 6.45) is 1.25. The number of primary amides is 1. The predicted octanol–water partition coefficient (Wildman–Crippen LogP) is 1.97. The second-order valence-corrected chi connectivity index (χ2v) is 6.04. The lowest BCUT2D eigenvalue weighted by atomic mass is 10.1. The summed E-state index contributed by atoms with van der Waals surface area (Å²) in [5.41, 5.74) is 5.97. The van der Waals surface area contributed by atoms with Crippen LogP contribution in [-0.4, -0.2) is 21.6 Å². The average Bonchev–Trinajstić information content (AvgIpc) is 2.65. The molecule has 0 spiro atoms. The third kappa shape index (κ3) is 3.84. The highest BCUT2D eigenvalue weighted by molar-refractivity contribution is 5.97. The van der Waals surface area contributed by atoms with E-state index in [1.54, 1.807) is 28.9 Å². The van der Waals surface area contributed by atoms with E-state index in [9.17, 15) is 18.8 Å². The monoisotopic (exact) mass is 368 g/mol. The fraction of sp³-hybridized carbons (Fsp3) is 0.158. The van der Waals surface area contributed by atoms with Gasteiger partial charge in [0.2, 0.25) is 17.2 Å². The summed E-state index contributed by atoms with van der Waals surface area (Å²) in [5, 5.41) is 7.16. The summed E-state index contributed by atoms with van der Waals surface area (Å²) in [7, 11) is 0.